The Morgan fingerprint density at radius 1 is 1.41 bits per heavy atom. The van der Waals surface area contributed by atoms with Crippen molar-refractivity contribution in [1.29, 1.82) is 0 Å². The Morgan fingerprint density at radius 3 is 2.76 bits per heavy atom. The van der Waals surface area contributed by atoms with Gasteiger partial charge in [-0.3, -0.25) is 4.79 Å². The largest absolute Gasteiger partial charge is 0.342 e. The van der Waals surface area contributed by atoms with Crippen LogP contribution in [0.2, 0.25) is 0 Å². The minimum Gasteiger partial charge on any atom is -0.342 e. The third kappa shape index (κ3) is 4.90. The van der Waals surface area contributed by atoms with Gasteiger partial charge in [-0.1, -0.05) is 45.8 Å². The Bertz CT molecular complexity index is 365. The highest BCUT2D eigenvalue weighted by atomic mass is 79.9. The van der Waals surface area contributed by atoms with Crippen LogP contribution in [0.4, 0.5) is 0 Å². The zero-order chi connectivity index (χ0) is 12.7. The molecule has 0 aliphatic carbocycles. The number of benzene rings is 1. The topological polar surface area (TPSA) is 20.3 Å². The van der Waals surface area contributed by atoms with E-state index in [0.29, 0.717) is 6.42 Å². The normalized spacial score (nSPS) is 10.3. The molecule has 1 rings (SSSR count). The zero-order valence-electron chi connectivity index (χ0n) is 10.6. The molecule has 1 amide bonds. The van der Waals surface area contributed by atoms with Crippen LogP contribution in [0.1, 0.15) is 24.5 Å². The first kappa shape index (κ1) is 14.2. The minimum atomic E-state index is 0.244. The summed E-state index contributed by atoms with van der Waals surface area (Å²) in [5.41, 5.74) is 2.50. The van der Waals surface area contributed by atoms with Crippen LogP contribution in [0.5, 0.6) is 0 Å². The molecule has 0 bridgehead atoms. The summed E-state index contributed by atoms with van der Waals surface area (Å²) in [6.45, 7) is 5.68. The van der Waals surface area contributed by atoms with Crippen molar-refractivity contribution >= 4 is 21.8 Å². The van der Waals surface area contributed by atoms with Crippen molar-refractivity contribution in [1.82, 2.24) is 4.90 Å². The van der Waals surface area contributed by atoms with Crippen LogP contribution in [-0.2, 0) is 11.2 Å². The molecule has 0 heterocycles. The average Bonchev–Trinajstić information content (AvgIpc) is 2.33. The van der Waals surface area contributed by atoms with Crippen molar-refractivity contribution in [2.24, 2.45) is 0 Å². The van der Waals surface area contributed by atoms with E-state index in [1.165, 1.54) is 11.1 Å². The van der Waals surface area contributed by atoms with Gasteiger partial charge in [0.15, 0.2) is 0 Å². The van der Waals surface area contributed by atoms with Gasteiger partial charge in [0.05, 0.1) is 0 Å². The van der Waals surface area contributed by atoms with Gasteiger partial charge in [0.2, 0.25) is 5.91 Å². The van der Waals surface area contributed by atoms with E-state index in [1.54, 1.807) is 0 Å². The number of hydrogen-bond donors (Lipinski definition) is 0. The number of carbonyl (C=O) groups is 1. The molecule has 0 N–H and O–H groups in total. The van der Waals surface area contributed by atoms with Crippen LogP contribution in [0, 0.1) is 6.92 Å². The van der Waals surface area contributed by atoms with E-state index >= 15 is 0 Å². The molecule has 0 aliphatic rings. The fourth-order valence-electron chi connectivity index (χ4n) is 1.84. The number of hydrogen-bond acceptors (Lipinski definition) is 1. The van der Waals surface area contributed by atoms with Crippen molar-refractivity contribution in [2.45, 2.75) is 26.7 Å². The standard InChI is InChI=1S/C14H20BrNO/c1-3-16(10-9-15)14(17)8-7-13-6-4-5-12(2)11-13/h4-6,11H,3,7-10H2,1-2H3. The SMILES string of the molecule is CCN(CCBr)C(=O)CCc1cccc(C)c1. The molecule has 0 radical (unpaired) electrons. The predicted molar refractivity (Wildman–Crippen MR) is 75.5 cm³/mol. The van der Waals surface area contributed by atoms with Crippen LogP contribution < -0.4 is 0 Å². The molecule has 0 saturated carbocycles. The first-order chi connectivity index (χ1) is 8.17. The number of nitrogens with zero attached hydrogens (tertiary/aromatic N) is 1. The third-order valence-corrected chi connectivity index (χ3v) is 3.15. The number of amides is 1. The number of carbonyl (C=O) groups excluding carboxylic acids is 1. The molecular formula is C14H20BrNO. The lowest BCUT2D eigenvalue weighted by Crippen LogP contribution is -2.32. The Morgan fingerprint density at radius 2 is 2.18 bits per heavy atom. The van der Waals surface area contributed by atoms with Crippen molar-refractivity contribution in [3.63, 3.8) is 0 Å². The highest BCUT2D eigenvalue weighted by Gasteiger charge is 2.10. The van der Waals surface area contributed by atoms with Gasteiger partial charge < -0.3 is 4.90 Å². The summed E-state index contributed by atoms with van der Waals surface area (Å²) in [6, 6.07) is 8.36. The van der Waals surface area contributed by atoms with Crippen LogP contribution in [0.3, 0.4) is 0 Å². The fourth-order valence-corrected chi connectivity index (χ4v) is 2.27. The monoisotopic (exact) mass is 297 g/mol. The summed E-state index contributed by atoms with van der Waals surface area (Å²) in [7, 11) is 0. The Balaban J connectivity index is 2.47. The van der Waals surface area contributed by atoms with Gasteiger partial charge in [-0.05, 0) is 25.8 Å². The van der Waals surface area contributed by atoms with Gasteiger partial charge in [0, 0.05) is 24.8 Å². The number of alkyl halides is 1. The highest BCUT2D eigenvalue weighted by Crippen LogP contribution is 2.08. The maximum absolute atomic E-state index is 11.9. The lowest BCUT2D eigenvalue weighted by molar-refractivity contribution is -0.130. The molecule has 0 aromatic heterocycles. The first-order valence-corrected chi connectivity index (χ1v) is 7.18. The zero-order valence-corrected chi connectivity index (χ0v) is 12.2. The Labute approximate surface area is 112 Å². The van der Waals surface area contributed by atoms with Crippen molar-refractivity contribution < 1.29 is 4.79 Å². The summed E-state index contributed by atoms with van der Waals surface area (Å²) >= 11 is 3.37. The quantitative estimate of drug-likeness (QED) is 0.739. The number of halogens is 1. The summed E-state index contributed by atoms with van der Waals surface area (Å²) in [5.74, 6) is 0.244. The molecule has 0 aliphatic heterocycles. The molecule has 1 aromatic carbocycles. The van der Waals surface area contributed by atoms with E-state index in [4.69, 9.17) is 0 Å². The molecular weight excluding hydrogens is 278 g/mol. The van der Waals surface area contributed by atoms with E-state index in [2.05, 4.69) is 41.1 Å². The van der Waals surface area contributed by atoms with Gasteiger partial charge in [0.25, 0.3) is 0 Å². The number of aryl methyl sites for hydroxylation is 2. The van der Waals surface area contributed by atoms with Crippen LogP contribution in [-0.4, -0.2) is 29.2 Å². The van der Waals surface area contributed by atoms with E-state index in [-0.39, 0.29) is 5.91 Å². The molecule has 94 valence electrons. The predicted octanol–water partition coefficient (Wildman–Crippen LogP) is 3.17. The average molecular weight is 298 g/mol. The summed E-state index contributed by atoms with van der Waals surface area (Å²) in [4.78, 5) is 13.8. The molecule has 3 heteroatoms. The highest BCUT2D eigenvalue weighted by molar-refractivity contribution is 9.09. The lowest BCUT2D eigenvalue weighted by Gasteiger charge is -2.19. The first-order valence-electron chi connectivity index (χ1n) is 6.06. The van der Waals surface area contributed by atoms with Crippen LogP contribution >= 0.6 is 15.9 Å². The second-order valence-electron chi connectivity index (χ2n) is 4.15. The number of rotatable bonds is 6. The van der Waals surface area contributed by atoms with Crippen molar-refractivity contribution in [2.75, 3.05) is 18.4 Å². The van der Waals surface area contributed by atoms with Gasteiger partial charge in [-0.15, -0.1) is 0 Å². The summed E-state index contributed by atoms with van der Waals surface area (Å²) in [6.07, 6.45) is 1.43. The van der Waals surface area contributed by atoms with Gasteiger partial charge >= 0.3 is 0 Å². The van der Waals surface area contributed by atoms with E-state index in [9.17, 15) is 4.79 Å². The van der Waals surface area contributed by atoms with E-state index in [1.807, 2.05) is 17.9 Å². The van der Waals surface area contributed by atoms with Gasteiger partial charge in [-0.2, -0.15) is 0 Å². The van der Waals surface area contributed by atoms with Crippen molar-refractivity contribution in [3.05, 3.63) is 35.4 Å². The van der Waals surface area contributed by atoms with Crippen LogP contribution in [0.25, 0.3) is 0 Å². The molecule has 0 spiro atoms. The second-order valence-corrected chi connectivity index (χ2v) is 4.94. The molecule has 2 nitrogen and oxygen atoms in total. The van der Waals surface area contributed by atoms with E-state index in [0.717, 1.165) is 24.8 Å². The summed E-state index contributed by atoms with van der Waals surface area (Å²) < 4.78 is 0. The smallest absolute Gasteiger partial charge is 0.222 e. The Hall–Kier alpha value is -0.830. The Kier molecular flexibility index (Phi) is 6.27. The minimum absolute atomic E-state index is 0.244. The third-order valence-electron chi connectivity index (χ3n) is 2.80. The molecule has 0 unspecified atom stereocenters. The summed E-state index contributed by atoms with van der Waals surface area (Å²) in [5, 5.41) is 0.844. The molecule has 0 saturated heterocycles. The molecule has 1 aromatic rings. The molecule has 17 heavy (non-hydrogen) atoms. The van der Waals surface area contributed by atoms with Gasteiger partial charge in [0.1, 0.15) is 0 Å². The lowest BCUT2D eigenvalue weighted by atomic mass is 10.1. The van der Waals surface area contributed by atoms with Gasteiger partial charge in [-0.25, -0.2) is 0 Å². The fraction of sp³-hybridized carbons (Fsp3) is 0.500. The second kappa shape index (κ2) is 7.49. The maximum Gasteiger partial charge on any atom is 0.222 e. The van der Waals surface area contributed by atoms with E-state index < -0.39 is 0 Å². The maximum atomic E-state index is 11.9. The van der Waals surface area contributed by atoms with Crippen molar-refractivity contribution in [3.8, 4) is 0 Å². The molecule has 0 fully saturated rings. The molecule has 0 atom stereocenters. The van der Waals surface area contributed by atoms with Crippen LogP contribution in [0.15, 0.2) is 24.3 Å².